The number of anilines is 1. The lowest BCUT2D eigenvalue weighted by Crippen LogP contribution is -2.56. The summed E-state index contributed by atoms with van der Waals surface area (Å²) in [4.78, 5) is 54.5. The van der Waals surface area contributed by atoms with Crippen LogP contribution in [-0.4, -0.2) is 47.0 Å². The van der Waals surface area contributed by atoms with Crippen LogP contribution in [0.15, 0.2) is 72.8 Å². The second kappa shape index (κ2) is 12.9. The third-order valence-corrected chi connectivity index (χ3v) is 7.99. The van der Waals surface area contributed by atoms with Crippen LogP contribution in [0, 0.1) is 0 Å². The third kappa shape index (κ3) is 6.72. The number of carbonyl (C=O) groups is 4. The molecule has 1 aliphatic heterocycles. The zero-order valence-corrected chi connectivity index (χ0v) is 23.1. The molecule has 5 rings (SSSR count). The largest absolute Gasteiger partial charge is 0.342 e. The average Bonchev–Trinajstić information content (AvgIpc) is 3.47. The molecular formula is C33H36N4O4. The molecule has 0 spiro atoms. The van der Waals surface area contributed by atoms with E-state index in [1.54, 1.807) is 24.3 Å². The van der Waals surface area contributed by atoms with Gasteiger partial charge in [-0.05, 0) is 66.6 Å². The van der Waals surface area contributed by atoms with Gasteiger partial charge >= 0.3 is 0 Å². The molecule has 2 aliphatic rings. The van der Waals surface area contributed by atoms with Gasteiger partial charge in [-0.25, -0.2) is 0 Å². The number of benzene rings is 3. The van der Waals surface area contributed by atoms with Gasteiger partial charge in [-0.1, -0.05) is 60.7 Å². The van der Waals surface area contributed by atoms with Gasteiger partial charge in [0.15, 0.2) is 5.78 Å². The van der Waals surface area contributed by atoms with E-state index in [0.717, 1.165) is 30.4 Å². The summed E-state index contributed by atoms with van der Waals surface area (Å²) in [5.41, 5.74) is 11.6. The molecule has 1 aliphatic carbocycles. The summed E-state index contributed by atoms with van der Waals surface area (Å²) < 4.78 is 0. The van der Waals surface area contributed by atoms with E-state index >= 15 is 0 Å². The monoisotopic (exact) mass is 552 g/mol. The second-order valence-corrected chi connectivity index (χ2v) is 10.8. The second-order valence-electron chi connectivity index (χ2n) is 10.8. The number of amides is 3. The van der Waals surface area contributed by atoms with Crippen molar-refractivity contribution in [3.63, 3.8) is 0 Å². The number of carbonyl (C=O) groups excluding carboxylic acids is 4. The molecule has 0 radical (unpaired) electrons. The maximum atomic E-state index is 13.7. The number of nitrogens with two attached hydrogens (primary N) is 1. The lowest BCUT2D eigenvalue weighted by Gasteiger charge is -2.36. The first kappa shape index (κ1) is 28.2. The molecule has 8 nitrogen and oxygen atoms in total. The number of aryl methyl sites for hydroxylation is 2. The zero-order chi connectivity index (χ0) is 28.8. The smallest absolute Gasteiger partial charge is 0.246 e. The van der Waals surface area contributed by atoms with Crippen LogP contribution >= 0.6 is 0 Å². The van der Waals surface area contributed by atoms with Crippen molar-refractivity contribution in [1.29, 1.82) is 0 Å². The summed E-state index contributed by atoms with van der Waals surface area (Å²) in [5, 5.41) is 5.81. The summed E-state index contributed by atoms with van der Waals surface area (Å²) >= 11 is 0. The summed E-state index contributed by atoms with van der Waals surface area (Å²) in [7, 11) is 0. The van der Waals surface area contributed by atoms with Crippen LogP contribution in [0.3, 0.4) is 0 Å². The highest BCUT2D eigenvalue weighted by Gasteiger charge is 2.36. The summed E-state index contributed by atoms with van der Waals surface area (Å²) in [6.07, 6.45) is 3.77. The van der Waals surface area contributed by atoms with Crippen LogP contribution < -0.4 is 16.4 Å². The number of rotatable bonds is 10. The van der Waals surface area contributed by atoms with Crippen molar-refractivity contribution >= 4 is 29.2 Å². The molecular weight excluding hydrogens is 516 g/mol. The van der Waals surface area contributed by atoms with Crippen LogP contribution in [0.1, 0.15) is 58.3 Å². The molecule has 3 amide bonds. The Hall–Kier alpha value is -4.30. The quantitative estimate of drug-likeness (QED) is 0.332. The SMILES string of the molecule is NCC[C@H](NC(=O)[C@@H]1Cc2ccccc2CN1C(=O)CCC(=O)c1ccccc1)C(=O)Nc1ccc2c(c1)CCC2. The first-order valence-corrected chi connectivity index (χ1v) is 14.3. The van der Waals surface area contributed by atoms with Crippen LogP contribution in [0.5, 0.6) is 0 Å². The molecule has 0 saturated carbocycles. The van der Waals surface area contributed by atoms with E-state index < -0.39 is 18.0 Å². The molecule has 0 unspecified atom stereocenters. The fraction of sp³-hybridized carbons (Fsp3) is 0.333. The van der Waals surface area contributed by atoms with E-state index in [4.69, 9.17) is 5.73 Å². The van der Waals surface area contributed by atoms with Crippen LogP contribution in [0.4, 0.5) is 5.69 Å². The highest BCUT2D eigenvalue weighted by molar-refractivity contribution is 6.00. The maximum absolute atomic E-state index is 13.7. The number of hydrogen-bond donors (Lipinski definition) is 3. The van der Waals surface area contributed by atoms with Gasteiger partial charge in [-0.3, -0.25) is 19.2 Å². The molecule has 0 fully saturated rings. The van der Waals surface area contributed by atoms with Crippen molar-refractivity contribution in [2.45, 2.75) is 63.6 Å². The number of nitrogens with one attached hydrogen (secondary N) is 2. The molecule has 8 heteroatoms. The minimum atomic E-state index is -0.852. The molecule has 0 aromatic heterocycles. The Morgan fingerprint density at radius 3 is 2.37 bits per heavy atom. The Morgan fingerprint density at radius 2 is 1.59 bits per heavy atom. The van der Waals surface area contributed by atoms with E-state index in [1.807, 2.05) is 48.5 Å². The number of Topliss-reactive ketones (excluding diaryl/α,β-unsaturated/α-hetero) is 1. The van der Waals surface area contributed by atoms with E-state index in [1.165, 1.54) is 16.0 Å². The van der Waals surface area contributed by atoms with E-state index in [2.05, 4.69) is 10.6 Å². The Labute approximate surface area is 240 Å². The first-order chi connectivity index (χ1) is 19.9. The van der Waals surface area contributed by atoms with Gasteiger partial charge in [0, 0.05) is 37.1 Å². The summed E-state index contributed by atoms with van der Waals surface area (Å²) in [6.45, 7) is 0.468. The zero-order valence-electron chi connectivity index (χ0n) is 23.1. The first-order valence-electron chi connectivity index (χ1n) is 14.3. The summed E-state index contributed by atoms with van der Waals surface area (Å²) in [6, 6.07) is 20.8. The minimum Gasteiger partial charge on any atom is -0.342 e. The fourth-order valence-electron chi connectivity index (χ4n) is 5.73. The fourth-order valence-corrected chi connectivity index (χ4v) is 5.73. The van der Waals surface area contributed by atoms with Crippen molar-refractivity contribution in [2.75, 3.05) is 11.9 Å². The van der Waals surface area contributed by atoms with Crippen LogP contribution in [0.2, 0.25) is 0 Å². The van der Waals surface area contributed by atoms with Gasteiger partial charge in [0.05, 0.1) is 0 Å². The van der Waals surface area contributed by atoms with Crippen molar-refractivity contribution in [3.05, 3.63) is 101 Å². The number of ketones is 1. The topological polar surface area (TPSA) is 122 Å². The predicted octanol–water partition coefficient (Wildman–Crippen LogP) is 3.56. The molecule has 4 N–H and O–H groups in total. The average molecular weight is 553 g/mol. The van der Waals surface area contributed by atoms with E-state index in [-0.39, 0.29) is 49.9 Å². The lowest BCUT2D eigenvalue weighted by molar-refractivity contribution is -0.142. The molecule has 1 heterocycles. The van der Waals surface area contributed by atoms with Crippen molar-refractivity contribution in [2.24, 2.45) is 5.73 Å². The highest BCUT2D eigenvalue weighted by Crippen LogP contribution is 2.26. The minimum absolute atomic E-state index is 0.00921. The van der Waals surface area contributed by atoms with Crippen molar-refractivity contribution in [3.8, 4) is 0 Å². The Kier molecular flexibility index (Phi) is 8.89. The molecule has 0 saturated heterocycles. The third-order valence-electron chi connectivity index (χ3n) is 7.99. The van der Waals surface area contributed by atoms with E-state index in [0.29, 0.717) is 17.7 Å². The molecule has 41 heavy (non-hydrogen) atoms. The molecule has 0 bridgehead atoms. The Balaban J connectivity index is 1.29. The number of nitrogens with zero attached hydrogens (tertiary/aromatic N) is 1. The highest BCUT2D eigenvalue weighted by atomic mass is 16.2. The number of fused-ring (bicyclic) bond motifs is 2. The molecule has 2 atom stereocenters. The molecule has 212 valence electrons. The van der Waals surface area contributed by atoms with Crippen LogP contribution in [-0.2, 0) is 40.2 Å². The van der Waals surface area contributed by atoms with Crippen LogP contribution in [0.25, 0.3) is 0 Å². The summed E-state index contributed by atoms with van der Waals surface area (Å²) in [5.74, 6) is -1.15. The number of hydrogen-bond acceptors (Lipinski definition) is 5. The van der Waals surface area contributed by atoms with Crippen molar-refractivity contribution < 1.29 is 19.2 Å². The predicted molar refractivity (Wildman–Crippen MR) is 157 cm³/mol. The molecule has 3 aromatic carbocycles. The van der Waals surface area contributed by atoms with Gasteiger partial charge in [-0.2, -0.15) is 0 Å². The standard InChI is InChI=1S/C33H36N4O4/c34-18-17-28(32(40)35-27-14-13-22-11-6-12-24(22)19-27)36-33(41)29-20-25-9-4-5-10-26(25)21-37(29)31(39)16-15-30(38)23-7-2-1-3-8-23/h1-5,7-10,13-14,19,28-29H,6,11-12,15-18,20-21,34H2,(H,35,40)(H,36,41)/t28-,29-/m0/s1. The Morgan fingerprint density at radius 1 is 0.854 bits per heavy atom. The van der Waals surface area contributed by atoms with Gasteiger partial charge < -0.3 is 21.3 Å². The van der Waals surface area contributed by atoms with Gasteiger partial charge in [-0.15, -0.1) is 0 Å². The van der Waals surface area contributed by atoms with E-state index in [9.17, 15) is 19.2 Å². The maximum Gasteiger partial charge on any atom is 0.246 e. The van der Waals surface area contributed by atoms with Crippen molar-refractivity contribution in [1.82, 2.24) is 10.2 Å². The molecule has 3 aromatic rings. The lowest BCUT2D eigenvalue weighted by atomic mass is 9.92. The van der Waals surface area contributed by atoms with Gasteiger partial charge in [0.25, 0.3) is 0 Å². The van der Waals surface area contributed by atoms with Gasteiger partial charge in [0.1, 0.15) is 12.1 Å². The van der Waals surface area contributed by atoms with Gasteiger partial charge in [0.2, 0.25) is 17.7 Å². The Bertz CT molecular complexity index is 1440. The normalized spacial score (nSPS) is 16.3.